The Hall–Kier alpha value is -1.24. The summed E-state index contributed by atoms with van der Waals surface area (Å²) in [6.07, 6.45) is 12.7. The standard InChI is InChI=1S/C26H34ClO2P/c1-29-22-15-12-20(13-16-22)18-21-14-17-25(27)26(19-21)30(28,23-8-4-2-5-9-23)24-10-6-3-7-11-24/h12-17,19,23-24H,2-11,18H2,1H3. The van der Waals surface area contributed by atoms with E-state index >= 15 is 0 Å². The smallest absolute Gasteiger partial charge is 0.122 e. The Morgan fingerprint density at radius 1 is 0.833 bits per heavy atom. The highest BCUT2D eigenvalue weighted by Crippen LogP contribution is 2.62. The molecule has 0 unspecified atom stereocenters. The fourth-order valence-corrected chi connectivity index (χ4v) is 10.5. The zero-order chi connectivity index (χ0) is 21.0. The SMILES string of the molecule is COc1ccc(Cc2ccc(Cl)c(P(=O)(C3CCCCC3)C3CCCCC3)c2)cc1. The second kappa shape index (κ2) is 9.92. The van der Waals surface area contributed by atoms with Gasteiger partial charge in [-0.15, -0.1) is 0 Å². The number of hydrogen-bond donors (Lipinski definition) is 0. The van der Waals surface area contributed by atoms with Gasteiger partial charge in [-0.05, 0) is 67.5 Å². The van der Waals surface area contributed by atoms with Crippen molar-refractivity contribution in [2.75, 3.05) is 7.11 Å². The normalized spacial score (nSPS) is 19.0. The van der Waals surface area contributed by atoms with Crippen molar-refractivity contribution in [3.8, 4) is 5.75 Å². The summed E-state index contributed by atoms with van der Waals surface area (Å²) in [5, 5.41) is 1.70. The van der Waals surface area contributed by atoms with Gasteiger partial charge in [0.1, 0.15) is 12.9 Å². The molecule has 0 aliphatic heterocycles. The average molecular weight is 445 g/mol. The van der Waals surface area contributed by atoms with E-state index in [4.69, 9.17) is 16.3 Å². The van der Waals surface area contributed by atoms with Gasteiger partial charge in [0.15, 0.2) is 0 Å². The van der Waals surface area contributed by atoms with Gasteiger partial charge in [0.05, 0.1) is 12.1 Å². The minimum atomic E-state index is -2.56. The van der Waals surface area contributed by atoms with Crippen LogP contribution in [0.15, 0.2) is 42.5 Å². The van der Waals surface area contributed by atoms with Crippen molar-refractivity contribution in [3.05, 3.63) is 58.6 Å². The fourth-order valence-electron chi connectivity index (χ4n) is 5.54. The Morgan fingerprint density at radius 2 is 1.37 bits per heavy atom. The molecule has 0 saturated heterocycles. The fraction of sp³-hybridized carbons (Fsp3) is 0.538. The Kier molecular flexibility index (Phi) is 7.27. The highest BCUT2D eigenvalue weighted by molar-refractivity contribution is 7.73. The van der Waals surface area contributed by atoms with Gasteiger partial charge in [0, 0.05) is 16.6 Å². The van der Waals surface area contributed by atoms with Crippen molar-refractivity contribution in [1.82, 2.24) is 0 Å². The molecule has 2 aliphatic carbocycles. The summed E-state index contributed by atoms with van der Waals surface area (Å²) in [4.78, 5) is 0. The quantitative estimate of drug-likeness (QED) is 0.429. The second-order valence-electron chi connectivity index (χ2n) is 9.10. The first kappa shape index (κ1) is 22.0. The molecule has 0 N–H and O–H groups in total. The highest BCUT2D eigenvalue weighted by atomic mass is 35.5. The van der Waals surface area contributed by atoms with E-state index in [9.17, 15) is 4.57 Å². The number of benzene rings is 2. The zero-order valence-electron chi connectivity index (χ0n) is 18.1. The molecular formula is C26H34ClO2P. The van der Waals surface area contributed by atoms with E-state index < -0.39 is 7.14 Å². The van der Waals surface area contributed by atoms with E-state index in [0.29, 0.717) is 16.3 Å². The number of halogens is 1. The lowest BCUT2D eigenvalue weighted by atomic mass is 9.99. The summed E-state index contributed by atoms with van der Waals surface area (Å²) >= 11 is 6.77. The van der Waals surface area contributed by atoms with Gasteiger partial charge >= 0.3 is 0 Å². The molecule has 2 aromatic carbocycles. The predicted octanol–water partition coefficient (Wildman–Crippen LogP) is 7.59. The molecule has 0 radical (unpaired) electrons. The Morgan fingerprint density at radius 3 is 1.90 bits per heavy atom. The van der Waals surface area contributed by atoms with Crippen molar-refractivity contribution >= 4 is 24.0 Å². The molecule has 2 saturated carbocycles. The van der Waals surface area contributed by atoms with Gasteiger partial charge in [0.25, 0.3) is 0 Å². The molecule has 162 valence electrons. The minimum Gasteiger partial charge on any atom is -0.497 e. The maximum Gasteiger partial charge on any atom is 0.122 e. The maximum atomic E-state index is 14.9. The van der Waals surface area contributed by atoms with E-state index in [1.807, 2.05) is 18.2 Å². The maximum absolute atomic E-state index is 14.9. The van der Waals surface area contributed by atoms with Crippen LogP contribution in [0.1, 0.15) is 75.3 Å². The molecule has 0 atom stereocenters. The van der Waals surface area contributed by atoms with Crippen LogP contribution >= 0.6 is 18.7 Å². The van der Waals surface area contributed by atoms with Gasteiger partial charge in [0.2, 0.25) is 0 Å². The largest absolute Gasteiger partial charge is 0.497 e. The average Bonchev–Trinajstić information content (AvgIpc) is 2.81. The summed E-state index contributed by atoms with van der Waals surface area (Å²) in [6, 6.07) is 14.5. The van der Waals surface area contributed by atoms with Crippen molar-refractivity contribution < 1.29 is 9.30 Å². The van der Waals surface area contributed by atoms with Gasteiger partial charge in [-0.3, -0.25) is 0 Å². The zero-order valence-corrected chi connectivity index (χ0v) is 19.8. The van der Waals surface area contributed by atoms with E-state index in [0.717, 1.165) is 43.2 Å². The summed E-state index contributed by atoms with van der Waals surface area (Å²) in [5.41, 5.74) is 3.08. The Labute approximate surface area is 186 Å². The molecular weight excluding hydrogens is 411 g/mol. The Bertz CT molecular complexity index is 858. The van der Waals surface area contributed by atoms with Gasteiger partial charge in [-0.2, -0.15) is 0 Å². The van der Waals surface area contributed by atoms with Crippen molar-refractivity contribution in [1.29, 1.82) is 0 Å². The lowest BCUT2D eigenvalue weighted by Gasteiger charge is -2.39. The topological polar surface area (TPSA) is 26.3 Å². The lowest BCUT2D eigenvalue weighted by molar-refractivity contribution is 0.414. The third kappa shape index (κ3) is 4.66. The van der Waals surface area contributed by atoms with Crippen LogP contribution in [0, 0.1) is 0 Å². The first-order valence-electron chi connectivity index (χ1n) is 11.6. The predicted molar refractivity (Wildman–Crippen MR) is 128 cm³/mol. The minimum absolute atomic E-state index is 0.322. The van der Waals surface area contributed by atoms with Crippen LogP contribution in [-0.4, -0.2) is 18.4 Å². The number of ether oxygens (including phenoxy) is 1. The highest BCUT2D eigenvalue weighted by Gasteiger charge is 2.43. The second-order valence-corrected chi connectivity index (χ2v) is 12.9. The van der Waals surface area contributed by atoms with E-state index in [-0.39, 0.29) is 0 Å². The molecule has 0 bridgehead atoms. The van der Waals surface area contributed by atoms with Crippen LogP contribution in [0.3, 0.4) is 0 Å². The molecule has 2 fully saturated rings. The van der Waals surface area contributed by atoms with Crippen LogP contribution in [0.25, 0.3) is 0 Å². The Balaban J connectivity index is 1.68. The molecule has 2 aromatic rings. The van der Waals surface area contributed by atoms with Crippen LogP contribution in [0.2, 0.25) is 5.02 Å². The summed E-state index contributed by atoms with van der Waals surface area (Å²) in [7, 11) is -0.867. The summed E-state index contributed by atoms with van der Waals surface area (Å²) in [5.74, 6) is 0.870. The number of hydrogen-bond acceptors (Lipinski definition) is 2. The van der Waals surface area contributed by atoms with Crippen LogP contribution in [0.5, 0.6) is 5.75 Å². The first-order valence-corrected chi connectivity index (χ1v) is 13.8. The molecule has 0 spiro atoms. The monoisotopic (exact) mass is 444 g/mol. The lowest BCUT2D eigenvalue weighted by Crippen LogP contribution is -2.30. The van der Waals surface area contributed by atoms with E-state index in [1.54, 1.807) is 7.11 Å². The molecule has 2 aliphatic rings. The third-order valence-corrected chi connectivity index (χ3v) is 12.0. The molecule has 30 heavy (non-hydrogen) atoms. The van der Waals surface area contributed by atoms with Gasteiger partial charge < -0.3 is 9.30 Å². The summed E-state index contributed by atoms with van der Waals surface area (Å²) in [6.45, 7) is 0. The van der Waals surface area contributed by atoms with Crippen LogP contribution < -0.4 is 10.0 Å². The third-order valence-electron chi connectivity index (χ3n) is 7.19. The first-order chi connectivity index (χ1) is 14.6. The summed E-state index contributed by atoms with van der Waals surface area (Å²) < 4.78 is 20.2. The molecule has 0 amide bonds. The van der Waals surface area contributed by atoms with Crippen molar-refractivity contribution in [2.24, 2.45) is 0 Å². The van der Waals surface area contributed by atoms with E-state index in [2.05, 4.69) is 24.3 Å². The van der Waals surface area contributed by atoms with Gasteiger partial charge in [-0.25, -0.2) is 0 Å². The van der Waals surface area contributed by atoms with Crippen molar-refractivity contribution in [2.45, 2.75) is 81.9 Å². The van der Waals surface area contributed by atoms with Crippen molar-refractivity contribution in [3.63, 3.8) is 0 Å². The van der Waals surface area contributed by atoms with E-state index in [1.165, 1.54) is 49.7 Å². The number of rotatable bonds is 6. The molecule has 4 heteroatoms. The number of methoxy groups -OCH3 is 1. The van der Waals surface area contributed by atoms with Crippen LogP contribution in [-0.2, 0) is 11.0 Å². The van der Waals surface area contributed by atoms with Crippen LogP contribution in [0.4, 0.5) is 0 Å². The molecule has 4 rings (SSSR count). The molecule has 0 aromatic heterocycles. The van der Waals surface area contributed by atoms with Gasteiger partial charge in [-0.1, -0.05) is 68.3 Å². The molecule has 2 nitrogen and oxygen atoms in total. The molecule has 0 heterocycles.